The van der Waals surface area contributed by atoms with Gasteiger partial charge in [0.1, 0.15) is 0 Å². The van der Waals surface area contributed by atoms with Crippen molar-refractivity contribution in [1.29, 1.82) is 0 Å². The molecular formula is C23H31N7O3. The van der Waals surface area contributed by atoms with Crippen LogP contribution in [-0.4, -0.2) is 61.2 Å². The molecule has 2 aliphatic rings. The van der Waals surface area contributed by atoms with Gasteiger partial charge in [-0.05, 0) is 26.0 Å². The number of hydrogen-bond acceptors (Lipinski definition) is 9. The van der Waals surface area contributed by atoms with Crippen LogP contribution in [-0.2, 0) is 0 Å². The van der Waals surface area contributed by atoms with Crippen LogP contribution >= 0.6 is 0 Å². The van der Waals surface area contributed by atoms with E-state index in [0.29, 0.717) is 47.7 Å². The first-order valence-corrected chi connectivity index (χ1v) is 10.9. The van der Waals surface area contributed by atoms with Crippen molar-refractivity contribution in [3.05, 3.63) is 47.6 Å². The zero-order valence-corrected chi connectivity index (χ0v) is 19.5. The third kappa shape index (κ3) is 4.38. The van der Waals surface area contributed by atoms with Crippen molar-refractivity contribution >= 4 is 17.5 Å². The monoisotopic (exact) mass is 453 g/mol. The Morgan fingerprint density at radius 3 is 2.15 bits per heavy atom. The Morgan fingerprint density at radius 2 is 1.61 bits per heavy atom. The first-order valence-electron chi connectivity index (χ1n) is 10.9. The lowest BCUT2D eigenvalue weighted by Gasteiger charge is -2.25. The fourth-order valence-corrected chi connectivity index (χ4v) is 4.77. The Labute approximate surface area is 193 Å². The number of amides is 1. The van der Waals surface area contributed by atoms with E-state index >= 15 is 0 Å². The molecule has 4 rings (SSSR count). The number of hydrogen-bond donors (Lipinski definition) is 2. The van der Waals surface area contributed by atoms with E-state index in [1.165, 1.54) is 31.6 Å². The van der Waals surface area contributed by atoms with Crippen molar-refractivity contribution in [3.63, 3.8) is 0 Å². The number of carbonyl (C=O) groups is 1. The van der Waals surface area contributed by atoms with Crippen LogP contribution < -0.4 is 31.0 Å². The fraction of sp³-hybridized carbons (Fsp3) is 0.435. The molecule has 2 fully saturated rings. The number of anilines is 2. The lowest BCUT2D eigenvalue weighted by molar-refractivity contribution is 0.0783. The van der Waals surface area contributed by atoms with Crippen LogP contribution in [0.4, 0.5) is 11.6 Å². The number of aryl methyl sites for hydroxylation is 2. The molecule has 0 saturated carbocycles. The fourth-order valence-electron chi connectivity index (χ4n) is 4.77. The third-order valence-electron chi connectivity index (χ3n) is 6.28. The summed E-state index contributed by atoms with van der Waals surface area (Å²) in [5.41, 5.74) is 8.36. The van der Waals surface area contributed by atoms with Crippen molar-refractivity contribution < 1.29 is 14.3 Å². The molecule has 0 aliphatic carbocycles. The number of ether oxygens (including phenoxy) is 2. The number of rotatable bonds is 6. The molecule has 4 N–H and O–H groups in total. The predicted octanol–water partition coefficient (Wildman–Crippen LogP) is 1.43. The molecule has 1 aromatic carbocycles. The van der Waals surface area contributed by atoms with Crippen LogP contribution in [0.25, 0.3) is 0 Å². The molecular weight excluding hydrogens is 422 g/mol. The number of methoxy groups -OCH3 is 2. The van der Waals surface area contributed by atoms with Crippen molar-refractivity contribution in [2.75, 3.05) is 50.3 Å². The van der Waals surface area contributed by atoms with Gasteiger partial charge in [0.15, 0.2) is 11.5 Å². The smallest absolute Gasteiger partial charge is 0.256 e. The van der Waals surface area contributed by atoms with Crippen molar-refractivity contribution in [2.45, 2.75) is 13.8 Å². The van der Waals surface area contributed by atoms with E-state index < -0.39 is 0 Å². The van der Waals surface area contributed by atoms with Crippen LogP contribution in [0.15, 0.2) is 30.6 Å². The highest BCUT2D eigenvalue weighted by atomic mass is 16.5. The standard InChI is InChI=1S/C23H31N7O3/c1-14-7-15(2)27-23(26-14)29-12-16-10-28(11-17(16)13-29)22(31)18-8-20(32-3)21(33-4)9-19(18)30(25)6-5-24/h5-9,16-17H,10-13,24-25H2,1-4H3/b6-5-. The van der Waals surface area contributed by atoms with Gasteiger partial charge in [0.25, 0.3) is 5.91 Å². The molecule has 0 spiro atoms. The van der Waals surface area contributed by atoms with Crippen molar-refractivity contribution in [2.24, 2.45) is 23.4 Å². The Bertz CT molecular complexity index is 1040. The maximum absolute atomic E-state index is 13.6. The second-order valence-corrected chi connectivity index (χ2v) is 8.56. The van der Waals surface area contributed by atoms with Gasteiger partial charge in [-0.25, -0.2) is 15.8 Å². The Hall–Kier alpha value is -3.53. The zero-order valence-electron chi connectivity index (χ0n) is 19.5. The highest BCUT2D eigenvalue weighted by Gasteiger charge is 2.43. The lowest BCUT2D eigenvalue weighted by Crippen LogP contribution is -2.35. The molecule has 0 bridgehead atoms. The number of nitrogens with zero attached hydrogens (tertiary/aromatic N) is 5. The molecule has 176 valence electrons. The van der Waals surface area contributed by atoms with Gasteiger partial charge >= 0.3 is 0 Å². The average Bonchev–Trinajstić information content (AvgIpc) is 3.36. The molecule has 10 nitrogen and oxygen atoms in total. The summed E-state index contributed by atoms with van der Waals surface area (Å²) in [7, 11) is 3.07. The zero-order chi connectivity index (χ0) is 23.7. The Kier molecular flexibility index (Phi) is 6.28. The second-order valence-electron chi connectivity index (χ2n) is 8.56. The first kappa shape index (κ1) is 22.7. The summed E-state index contributed by atoms with van der Waals surface area (Å²) >= 11 is 0. The first-order chi connectivity index (χ1) is 15.8. The highest BCUT2D eigenvalue weighted by molar-refractivity contribution is 6.01. The Balaban J connectivity index is 1.54. The summed E-state index contributed by atoms with van der Waals surface area (Å²) in [6.45, 7) is 6.95. The summed E-state index contributed by atoms with van der Waals surface area (Å²) in [4.78, 5) is 26.9. The van der Waals surface area contributed by atoms with E-state index in [2.05, 4.69) is 14.9 Å². The van der Waals surface area contributed by atoms with Gasteiger partial charge < -0.3 is 25.0 Å². The average molecular weight is 454 g/mol. The normalized spacial score (nSPS) is 19.8. The van der Waals surface area contributed by atoms with E-state index in [1.54, 1.807) is 12.1 Å². The van der Waals surface area contributed by atoms with Crippen LogP contribution in [0.3, 0.4) is 0 Å². The van der Waals surface area contributed by atoms with E-state index in [4.69, 9.17) is 21.1 Å². The van der Waals surface area contributed by atoms with E-state index in [-0.39, 0.29) is 5.91 Å². The van der Waals surface area contributed by atoms with Gasteiger partial charge in [-0.1, -0.05) is 0 Å². The van der Waals surface area contributed by atoms with Crippen LogP contribution in [0.5, 0.6) is 11.5 Å². The number of fused-ring (bicyclic) bond motifs is 1. The maximum atomic E-state index is 13.6. The molecule has 2 aliphatic heterocycles. The SMILES string of the molecule is COc1cc(C(=O)N2CC3CN(c4nc(C)cc(C)n4)CC3C2)c(N(N)/C=C\N)cc1OC. The lowest BCUT2D eigenvalue weighted by atomic mass is 10.0. The minimum absolute atomic E-state index is 0.101. The number of likely N-dealkylation sites (tertiary alicyclic amines) is 1. The molecule has 10 heteroatoms. The van der Waals surface area contributed by atoms with Gasteiger partial charge in [-0.15, -0.1) is 0 Å². The summed E-state index contributed by atoms with van der Waals surface area (Å²) in [6, 6.07) is 5.33. The van der Waals surface area contributed by atoms with Gasteiger partial charge in [-0.3, -0.25) is 9.80 Å². The van der Waals surface area contributed by atoms with Gasteiger partial charge in [0.05, 0.1) is 25.5 Å². The minimum Gasteiger partial charge on any atom is -0.493 e. The molecule has 1 amide bonds. The van der Waals surface area contributed by atoms with Crippen LogP contribution in [0.1, 0.15) is 21.7 Å². The molecule has 3 heterocycles. The van der Waals surface area contributed by atoms with Crippen LogP contribution in [0, 0.1) is 25.7 Å². The van der Waals surface area contributed by atoms with Crippen LogP contribution in [0.2, 0.25) is 0 Å². The van der Waals surface area contributed by atoms with Gasteiger partial charge in [0, 0.05) is 67.9 Å². The molecule has 2 saturated heterocycles. The van der Waals surface area contributed by atoms with E-state index in [0.717, 1.165) is 30.4 Å². The third-order valence-corrected chi connectivity index (χ3v) is 6.28. The van der Waals surface area contributed by atoms with E-state index in [9.17, 15) is 4.79 Å². The Morgan fingerprint density at radius 1 is 1.03 bits per heavy atom. The molecule has 2 atom stereocenters. The predicted molar refractivity (Wildman–Crippen MR) is 126 cm³/mol. The highest BCUT2D eigenvalue weighted by Crippen LogP contribution is 2.38. The number of aromatic nitrogens is 2. The maximum Gasteiger partial charge on any atom is 0.256 e. The topological polar surface area (TPSA) is 123 Å². The molecule has 0 radical (unpaired) electrons. The summed E-state index contributed by atoms with van der Waals surface area (Å²) in [5.74, 6) is 8.47. The molecule has 1 aromatic heterocycles. The second kappa shape index (κ2) is 9.14. The quantitative estimate of drug-likeness (QED) is 0.494. The molecule has 2 unspecified atom stereocenters. The number of nitrogens with two attached hydrogens (primary N) is 2. The molecule has 2 aromatic rings. The van der Waals surface area contributed by atoms with Crippen molar-refractivity contribution in [1.82, 2.24) is 14.9 Å². The number of benzene rings is 1. The van der Waals surface area contributed by atoms with Gasteiger partial charge in [0.2, 0.25) is 5.95 Å². The number of hydrazine groups is 1. The number of carbonyl (C=O) groups excluding carboxylic acids is 1. The summed E-state index contributed by atoms with van der Waals surface area (Å²) in [5, 5.41) is 1.31. The van der Waals surface area contributed by atoms with Crippen molar-refractivity contribution in [3.8, 4) is 11.5 Å². The summed E-state index contributed by atoms with van der Waals surface area (Å²) in [6.07, 6.45) is 2.80. The minimum atomic E-state index is -0.101. The summed E-state index contributed by atoms with van der Waals surface area (Å²) < 4.78 is 10.8. The molecule has 33 heavy (non-hydrogen) atoms. The van der Waals surface area contributed by atoms with Gasteiger partial charge in [-0.2, -0.15) is 0 Å². The largest absolute Gasteiger partial charge is 0.493 e. The van der Waals surface area contributed by atoms with E-state index in [1.807, 2.05) is 24.8 Å².